The summed E-state index contributed by atoms with van der Waals surface area (Å²) in [6, 6.07) is -1.29. The number of carbonyl (C=O) groups is 2. The Hall–Kier alpha value is 0.471. The van der Waals surface area contributed by atoms with E-state index in [9.17, 15) is 9.59 Å². The van der Waals surface area contributed by atoms with Gasteiger partial charge in [0, 0.05) is 48.9 Å². The van der Waals surface area contributed by atoms with Crippen LogP contribution in [0.5, 0.6) is 0 Å². The fourth-order valence-electron chi connectivity index (χ4n) is 0.275. The van der Waals surface area contributed by atoms with Crippen LogP contribution in [0.4, 0.5) is 0 Å². The van der Waals surface area contributed by atoms with E-state index in [-0.39, 0.29) is 48.9 Å². The molecule has 0 fully saturated rings. The second-order valence-electron chi connectivity index (χ2n) is 1.54. The van der Waals surface area contributed by atoms with Crippen molar-refractivity contribution in [1.82, 2.24) is 0 Å². The van der Waals surface area contributed by atoms with E-state index < -0.39 is 24.4 Å². The van der Waals surface area contributed by atoms with Crippen LogP contribution in [0.3, 0.4) is 0 Å². The molecule has 0 spiro atoms. The molecule has 0 aliphatic carbocycles. The van der Waals surface area contributed by atoms with Crippen molar-refractivity contribution in [2.45, 2.75) is 12.5 Å². The first-order valence-corrected chi connectivity index (χ1v) is 2.24. The molecule has 0 amide bonds. The van der Waals surface area contributed by atoms with Crippen molar-refractivity contribution in [2.75, 3.05) is 0 Å². The summed E-state index contributed by atoms with van der Waals surface area (Å²) in [6.07, 6.45) is -0.532. The van der Waals surface area contributed by atoms with Gasteiger partial charge in [-0.2, -0.15) is 0 Å². The molecule has 0 aliphatic heterocycles. The van der Waals surface area contributed by atoms with Gasteiger partial charge in [-0.1, -0.05) is 0 Å². The van der Waals surface area contributed by atoms with Crippen LogP contribution in [0.2, 0.25) is 0 Å². The topological polar surface area (TPSA) is 101 Å². The molecule has 0 aromatic heterocycles. The molecule has 6 heteroatoms. The SMILES string of the molecule is N[C@@H](CC(=O)O)C(=O)O.[Ba]. The quantitative estimate of drug-likeness (QED) is 0.542. The molecule has 0 heterocycles. The van der Waals surface area contributed by atoms with Crippen LogP contribution in [-0.4, -0.2) is 77.1 Å². The molecule has 0 unspecified atom stereocenters. The van der Waals surface area contributed by atoms with E-state index in [4.69, 9.17) is 15.9 Å². The second-order valence-corrected chi connectivity index (χ2v) is 1.54. The minimum absolute atomic E-state index is 0. The van der Waals surface area contributed by atoms with Crippen molar-refractivity contribution in [3.05, 3.63) is 0 Å². The number of nitrogens with two attached hydrogens (primary N) is 1. The van der Waals surface area contributed by atoms with Crippen molar-refractivity contribution >= 4 is 60.8 Å². The van der Waals surface area contributed by atoms with Gasteiger partial charge in [0.1, 0.15) is 6.04 Å². The molecule has 0 saturated carbocycles. The predicted molar refractivity (Wildman–Crippen MR) is 33.6 cm³/mol. The summed E-state index contributed by atoms with van der Waals surface area (Å²) in [6.45, 7) is 0. The van der Waals surface area contributed by atoms with Crippen molar-refractivity contribution in [1.29, 1.82) is 0 Å². The van der Waals surface area contributed by atoms with Crippen LogP contribution < -0.4 is 5.73 Å². The second kappa shape index (κ2) is 6.20. The molecule has 0 aliphatic rings. The third-order valence-corrected chi connectivity index (χ3v) is 0.712. The first kappa shape index (κ1) is 13.1. The number of rotatable bonds is 3. The Bertz CT molecular complexity index is 137. The van der Waals surface area contributed by atoms with Gasteiger partial charge in [0.05, 0.1) is 6.42 Å². The minimum Gasteiger partial charge on any atom is -0.481 e. The fraction of sp³-hybridized carbons (Fsp3) is 0.500. The van der Waals surface area contributed by atoms with Crippen LogP contribution in [0.15, 0.2) is 0 Å². The van der Waals surface area contributed by atoms with E-state index in [1.54, 1.807) is 0 Å². The molecule has 10 heavy (non-hydrogen) atoms. The molecule has 1 atom stereocenters. The maximum atomic E-state index is 9.85. The Morgan fingerprint density at radius 2 is 1.80 bits per heavy atom. The third kappa shape index (κ3) is 6.59. The Kier molecular flexibility index (Phi) is 8.11. The summed E-state index contributed by atoms with van der Waals surface area (Å²) >= 11 is 0. The smallest absolute Gasteiger partial charge is 0.321 e. The molecular weight excluding hydrogens is 263 g/mol. The number of hydrogen-bond acceptors (Lipinski definition) is 3. The van der Waals surface area contributed by atoms with Crippen LogP contribution >= 0.6 is 0 Å². The van der Waals surface area contributed by atoms with Gasteiger partial charge in [-0.15, -0.1) is 0 Å². The molecule has 0 bridgehead atoms. The molecular formula is C4H7BaNO4. The van der Waals surface area contributed by atoms with Gasteiger partial charge in [-0.3, -0.25) is 9.59 Å². The maximum absolute atomic E-state index is 9.85. The Labute approximate surface area is 97.7 Å². The zero-order valence-corrected chi connectivity index (χ0v) is 9.72. The van der Waals surface area contributed by atoms with Crippen LogP contribution in [0, 0.1) is 0 Å². The standard InChI is InChI=1S/C4H7NO4.Ba/c5-2(4(8)9)1-3(6)7;/h2H,1,5H2,(H,6,7)(H,8,9);/t2-;/m0./s1. The van der Waals surface area contributed by atoms with Gasteiger partial charge < -0.3 is 15.9 Å². The van der Waals surface area contributed by atoms with E-state index in [0.29, 0.717) is 0 Å². The Morgan fingerprint density at radius 1 is 1.40 bits per heavy atom. The maximum Gasteiger partial charge on any atom is 0.321 e. The molecule has 4 N–H and O–H groups in total. The van der Waals surface area contributed by atoms with E-state index >= 15 is 0 Å². The Balaban J connectivity index is 0. The van der Waals surface area contributed by atoms with Gasteiger partial charge in [-0.05, 0) is 0 Å². The van der Waals surface area contributed by atoms with Crippen LogP contribution in [0.25, 0.3) is 0 Å². The van der Waals surface area contributed by atoms with Gasteiger partial charge in [-0.25, -0.2) is 0 Å². The van der Waals surface area contributed by atoms with E-state index in [2.05, 4.69) is 0 Å². The fourth-order valence-corrected chi connectivity index (χ4v) is 0.275. The van der Waals surface area contributed by atoms with E-state index in [1.807, 2.05) is 0 Å². The van der Waals surface area contributed by atoms with Gasteiger partial charge in [0.25, 0.3) is 0 Å². The zero-order chi connectivity index (χ0) is 7.44. The summed E-state index contributed by atoms with van der Waals surface area (Å²) in [7, 11) is 0. The summed E-state index contributed by atoms with van der Waals surface area (Å²) < 4.78 is 0. The number of carboxylic acid groups (broad SMARTS) is 2. The zero-order valence-electron chi connectivity index (χ0n) is 5.28. The van der Waals surface area contributed by atoms with Crippen molar-refractivity contribution in [3.63, 3.8) is 0 Å². The average Bonchev–Trinajstić information content (AvgIpc) is 1.63. The number of aliphatic carboxylic acids is 2. The van der Waals surface area contributed by atoms with Gasteiger partial charge >= 0.3 is 11.9 Å². The number of hydrogen-bond donors (Lipinski definition) is 3. The first-order valence-electron chi connectivity index (χ1n) is 2.24. The summed E-state index contributed by atoms with van der Waals surface area (Å²) in [5.74, 6) is -2.50. The van der Waals surface area contributed by atoms with Crippen LogP contribution in [-0.2, 0) is 9.59 Å². The third-order valence-electron chi connectivity index (χ3n) is 0.712. The molecule has 5 nitrogen and oxygen atoms in total. The monoisotopic (exact) mass is 271 g/mol. The summed E-state index contributed by atoms with van der Waals surface area (Å²) in [4.78, 5) is 19.6. The normalized spacial score (nSPS) is 11.3. The predicted octanol–water partition coefficient (Wildman–Crippen LogP) is -1.51. The van der Waals surface area contributed by atoms with Crippen molar-refractivity contribution in [3.8, 4) is 0 Å². The summed E-state index contributed by atoms with van der Waals surface area (Å²) in [5.41, 5.74) is 4.84. The molecule has 0 aromatic rings. The molecule has 2 radical (unpaired) electrons. The molecule has 54 valence electrons. The summed E-state index contributed by atoms with van der Waals surface area (Å²) in [5, 5.41) is 16.0. The molecule has 0 rings (SSSR count). The first-order chi connectivity index (χ1) is 4.04. The Morgan fingerprint density at radius 3 is 1.90 bits per heavy atom. The molecule has 0 aromatic carbocycles. The van der Waals surface area contributed by atoms with Crippen LogP contribution in [0.1, 0.15) is 6.42 Å². The minimum atomic E-state index is -1.29. The van der Waals surface area contributed by atoms with Gasteiger partial charge in [0.2, 0.25) is 0 Å². The van der Waals surface area contributed by atoms with Gasteiger partial charge in [0.15, 0.2) is 0 Å². The van der Waals surface area contributed by atoms with Crippen molar-refractivity contribution < 1.29 is 19.8 Å². The van der Waals surface area contributed by atoms with E-state index in [1.165, 1.54) is 0 Å². The van der Waals surface area contributed by atoms with E-state index in [0.717, 1.165) is 0 Å². The van der Waals surface area contributed by atoms with Crippen molar-refractivity contribution in [2.24, 2.45) is 5.73 Å². The number of carboxylic acids is 2. The largest absolute Gasteiger partial charge is 0.481 e. The molecule has 0 saturated heterocycles. The average molecular weight is 270 g/mol.